The van der Waals surface area contributed by atoms with E-state index in [9.17, 15) is 17.2 Å². The average Bonchev–Trinajstić information content (AvgIpc) is 3.21. The van der Waals surface area contributed by atoms with Crippen LogP contribution in [0.1, 0.15) is 5.56 Å². The molecule has 180 valence electrons. The topological polar surface area (TPSA) is 67.0 Å². The van der Waals surface area contributed by atoms with Gasteiger partial charge in [-0.15, -0.1) is 11.3 Å². The second-order valence-electron chi connectivity index (χ2n) is 7.50. The van der Waals surface area contributed by atoms with E-state index in [-0.39, 0.29) is 10.5 Å². The van der Waals surface area contributed by atoms with Gasteiger partial charge in [-0.1, -0.05) is 35.9 Å². The van der Waals surface area contributed by atoms with E-state index in [4.69, 9.17) is 11.6 Å². The standard InChI is InChI=1S/C24H19ClF2N4O2S2/c1-30(2)35(32,33)19-6-3-5-18(13-19)29-24-31(28-14-20-21(26)7-4-8-22(20)27)23(15-34-24)16-9-11-17(25)12-10-16/h3-15H,1-2H3/b28-14+,29-24?. The Morgan fingerprint density at radius 2 is 1.66 bits per heavy atom. The van der Waals surface area contributed by atoms with E-state index in [0.29, 0.717) is 21.2 Å². The number of rotatable bonds is 6. The molecule has 11 heteroatoms. The normalized spacial score (nSPS) is 12.7. The second-order valence-corrected chi connectivity index (χ2v) is 10.9. The second kappa shape index (κ2) is 10.2. The minimum Gasteiger partial charge on any atom is -0.220 e. The average molecular weight is 533 g/mol. The summed E-state index contributed by atoms with van der Waals surface area (Å²) in [5.41, 5.74) is 1.44. The Morgan fingerprint density at radius 3 is 2.31 bits per heavy atom. The van der Waals surface area contributed by atoms with E-state index in [1.807, 2.05) is 0 Å². The Morgan fingerprint density at radius 1 is 1.00 bits per heavy atom. The monoisotopic (exact) mass is 532 g/mol. The number of hydrogen-bond acceptors (Lipinski definition) is 5. The summed E-state index contributed by atoms with van der Waals surface area (Å²) in [6, 6.07) is 16.7. The quantitative estimate of drug-likeness (QED) is 0.307. The first-order chi connectivity index (χ1) is 16.7. The van der Waals surface area contributed by atoms with Gasteiger partial charge < -0.3 is 0 Å². The van der Waals surface area contributed by atoms with E-state index in [1.54, 1.807) is 41.8 Å². The molecular weight excluding hydrogens is 514 g/mol. The maximum atomic E-state index is 14.2. The Bertz CT molecular complexity index is 1560. The van der Waals surface area contributed by atoms with Crippen molar-refractivity contribution < 1.29 is 17.2 Å². The summed E-state index contributed by atoms with van der Waals surface area (Å²) in [7, 11) is -0.763. The smallest absolute Gasteiger partial charge is 0.220 e. The number of nitrogens with zero attached hydrogens (tertiary/aromatic N) is 4. The lowest BCUT2D eigenvalue weighted by Gasteiger charge is -2.11. The van der Waals surface area contributed by atoms with Crippen LogP contribution in [-0.4, -0.2) is 37.7 Å². The molecule has 1 aromatic heterocycles. The van der Waals surface area contributed by atoms with Gasteiger partial charge in [0.1, 0.15) is 11.6 Å². The van der Waals surface area contributed by atoms with Crippen molar-refractivity contribution in [3.63, 3.8) is 0 Å². The molecule has 0 N–H and O–H groups in total. The van der Waals surface area contributed by atoms with Crippen LogP contribution in [0.5, 0.6) is 0 Å². The van der Waals surface area contributed by atoms with Gasteiger partial charge in [0.05, 0.1) is 28.1 Å². The Labute approximate surface area is 210 Å². The van der Waals surface area contributed by atoms with Crippen LogP contribution in [0.15, 0.2) is 87.1 Å². The summed E-state index contributed by atoms with van der Waals surface area (Å²) in [5.74, 6) is -1.50. The first kappa shape index (κ1) is 24.9. The van der Waals surface area contributed by atoms with Crippen LogP contribution in [0.25, 0.3) is 11.3 Å². The fourth-order valence-electron chi connectivity index (χ4n) is 3.09. The van der Waals surface area contributed by atoms with Crippen molar-refractivity contribution in [3.05, 3.63) is 99.1 Å². The van der Waals surface area contributed by atoms with Gasteiger partial charge in [0.25, 0.3) is 0 Å². The van der Waals surface area contributed by atoms with E-state index in [1.165, 1.54) is 48.3 Å². The van der Waals surface area contributed by atoms with E-state index in [0.717, 1.165) is 28.2 Å². The van der Waals surface area contributed by atoms with Gasteiger partial charge in [0.15, 0.2) is 0 Å². The van der Waals surface area contributed by atoms with Gasteiger partial charge >= 0.3 is 0 Å². The third-order valence-electron chi connectivity index (χ3n) is 4.95. The molecule has 6 nitrogen and oxygen atoms in total. The minimum absolute atomic E-state index is 0.0849. The predicted molar refractivity (Wildman–Crippen MR) is 135 cm³/mol. The predicted octanol–water partition coefficient (Wildman–Crippen LogP) is 5.51. The highest BCUT2D eigenvalue weighted by molar-refractivity contribution is 7.89. The summed E-state index contributed by atoms with van der Waals surface area (Å²) < 4.78 is 55.9. The lowest BCUT2D eigenvalue weighted by molar-refractivity contribution is 0.521. The molecule has 0 saturated carbocycles. The number of hydrogen-bond donors (Lipinski definition) is 0. The molecule has 0 aliphatic carbocycles. The first-order valence-corrected chi connectivity index (χ1v) is 12.9. The lowest BCUT2D eigenvalue weighted by Crippen LogP contribution is -2.22. The summed E-state index contributed by atoms with van der Waals surface area (Å²) in [6.45, 7) is 0. The van der Waals surface area contributed by atoms with E-state index in [2.05, 4.69) is 10.1 Å². The van der Waals surface area contributed by atoms with Crippen molar-refractivity contribution in [2.75, 3.05) is 14.1 Å². The van der Waals surface area contributed by atoms with Crippen molar-refractivity contribution in [2.24, 2.45) is 10.1 Å². The zero-order valence-corrected chi connectivity index (χ0v) is 21.0. The van der Waals surface area contributed by atoms with Crippen molar-refractivity contribution in [2.45, 2.75) is 4.90 Å². The van der Waals surface area contributed by atoms with Crippen LogP contribution < -0.4 is 4.80 Å². The Hall–Kier alpha value is -3.18. The Kier molecular flexibility index (Phi) is 7.27. The molecule has 0 aliphatic heterocycles. The summed E-state index contributed by atoms with van der Waals surface area (Å²) >= 11 is 7.25. The maximum Gasteiger partial charge on any atom is 0.242 e. The van der Waals surface area contributed by atoms with Gasteiger partial charge in [-0.05, 0) is 42.5 Å². The van der Waals surface area contributed by atoms with Crippen LogP contribution in [0.3, 0.4) is 0 Å². The van der Waals surface area contributed by atoms with Gasteiger partial charge in [-0.3, -0.25) is 0 Å². The Balaban J connectivity index is 1.88. The third-order valence-corrected chi connectivity index (χ3v) is 7.83. The number of sulfonamides is 1. The SMILES string of the molecule is CN(C)S(=O)(=O)c1cccc(N=c2scc(-c3ccc(Cl)cc3)n2/N=C/c2c(F)cccc2F)c1. The molecule has 0 amide bonds. The molecule has 0 saturated heterocycles. The fourth-order valence-corrected chi connectivity index (χ4v) is 5.02. The van der Waals surface area contributed by atoms with Crippen molar-refractivity contribution in [1.29, 1.82) is 0 Å². The maximum absolute atomic E-state index is 14.2. The molecule has 0 bridgehead atoms. The van der Waals surface area contributed by atoms with Crippen LogP contribution in [0.2, 0.25) is 5.02 Å². The molecule has 1 heterocycles. The highest BCUT2D eigenvalue weighted by Crippen LogP contribution is 2.24. The van der Waals surface area contributed by atoms with Crippen molar-refractivity contribution in [3.8, 4) is 11.3 Å². The summed E-state index contributed by atoms with van der Waals surface area (Å²) in [4.78, 5) is 5.01. The number of thiazole rings is 1. The minimum atomic E-state index is -3.65. The molecule has 3 aromatic carbocycles. The highest BCUT2D eigenvalue weighted by atomic mass is 35.5. The van der Waals surface area contributed by atoms with Gasteiger partial charge in [-0.25, -0.2) is 31.2 Å². The molecule has 4 rings (SSSR count). The van der Waals surface area contributed by atoms with Gasteiger partial charge in [0.2, 0.25) is 14.8 Å². The van der Waals surface area contributed by atoms with Gasteiger partial charge in [-0.2, -0.15) is 5.10 Å². The van der Waals surface area contributed by atoms with E-state index < -0.39 is 21.7 Å². The van der Waals surface area contributed by atoms with Gasteiger partial charge in [0, 0.05) is 30.1 Å². The molecule has 4 aromatic rings. The lowest BCUT2D eigenvalue weighted by atomic mass is 10.2. The zero-order chi connectivity index (χ0) is 25.2. The molecule has 0 spiro atoms. The summed E-state index contributed by atoms with van der Waals surface area (Å²) in [6.07, 6.45) is 1.09. The zero-order valence-electron chi connectivity index (χ0n) is 18.6. The molecule has 0 radical (unpaired) electrons. The largest absolute Gasteiger partial charge is 0.242 e. The van der Waals surface area contributed by atoms with Crippen LogP contribution in [0, 0.1) is 11.6 Å². The molecular formula is C24H19ClF2N4O2S2. The van der Waals surface area contributed by atoms with Crippen LogP contribution in [0.4, 0.5) is 14.5 Å². The number of benzene rings is 3. The third kappa shape index (κ3) is 5.40. The number of aromatic nitrogens is 1. The fraction of sp³-hybridized carbons (Fsp3) is 0.0833. The highest BCUT2D eigenvalue weighted by Gasteiger charge is 2.17. The van der Waals surface area contributed by atoms with Crippen LogP contribution in [-0.2, 0) is 10.0 Å². The molecule has 0 fully saturated rings. The van der Waals surface area contributed by atoms with E-state index >= 15 is 0 Å². The summed E-state index contributed by atoms with van der Waals surface area (Å²) in [5, 5.41) is 6.66. The van der Waals surface area contributed by atoms with Crippen molar-refractivity contribution >= 4 is 44.9 Å². The van der Waals surface area contributed by atoms with Crippen molar-refractivity contribution in [1.82, 2.24) is 8.98 Å². The molecule has 0 atom stereocenters. The molecule has 0 aliphatic rings. The first-order valence-electron chi connectivity index (χ1n) is 10.2. The molecule has 35 heavy (non-hydrogen) atoms. The molecule has 0 unspecified atom stereocenters. The number of halogens is 3. The van der Waals surface area contributed by atoms with Crippen LogP contribution >= 0.6 is 22.9 Å².